The first-order valence-electron chi connectivity index (χ1n) is 5.45. The molecule has 0 bridgehead atoms. The SMILES string of the molecule is COc1ccc(F)cc1C(CO)NC1CC1. The molecule has 16 heavy (non-hydrogen) atoms. The number of hydrogen-bond donors (Lipinski definition) is 2. The fourth-order valence-electron chi connectivity index (χ4n) is 1.75. The van der Waals surface area contributed by atoms with Gasteiger partial charge in [-0.1, -0.05) is 0 Å². The standard InChI is InChI=1S/C12H16FNO2/c1-16-12-5-2-8(13)6-10(12)11(7-15)14-9-3-4-9/h2,5-6,9,11,14-15H,3-4,7H2,1H3. The van der Waals surface area contributed by atoms with Crippen LogP contribution in [0, 0.1) is 5.82 Å². The molecule has 4 heteroatoms. The predicted octanol–water partition coefficient (Wildman–Crippen LogP) is 1.62. The van der Waals surface area contributed by atoms with Crippen LogP contribution in [-0.2, 0) is 0 Å². The largest absolute Gasteiger partial charge is 0.496 e. The monoisotopic (exact) mass is 225 g/mol. The third-order valence-electron chi connectivity index (χ3n) is 2.76. The van der Waals surface area contributed by atoms with Crippen LogP contribution in [-0.4, -0.2) is 24.9 Å². The molecule has 0 spiro atoms. The Kier molecular flexibility index (Phi) is 3.41. The fourth-order valence-corrected chi connectivity index (χ4v) is 1.75. The Morgan fingerprint density at radius 1 is 1.56 bits per heavy atom. The minimum atomic E-state index is -0.313. The number of aliphatic hydroxyl groups is 1. The summed E-state index contributed by atoms with van der Waals surface area (Å²) in [6.45, 7) is -0.0592. The Balaban J connectivity index is 2.23. The van der Waals surface area contributed by atoms with Crippen LogP contribution in [0.5, 0.6) is 5.75 Å². The van der Waals surface area contributed by atoms with Crippen molar-refractivity contribution in [2.75, 3.05) is 13.7 Å². The van der Waals surface area contributed by atoms with Crippen LogP contribution in [0.4, 0.5) is 4.39 Å². The molecule has 1 atom stereocenters. The molecule has 0 saturated heterocycles. The highest BCUT2D eigenvalue weighted by atomic mass is 19.1. The van der Waals surface area contributed by atoms with E-state index in [1.807, 2.05) is 0 Å². The van der Waals surface area contributed by atoms with Gasteiger partial charge in [-0.25, -0.2) is 4.39 Å². The van der Waals surface area contributed by atoms with E-state index >= 15 is 0 Å². The summed E-state index contributed by atoms with van der Waals surface area (Å²) in [6.07, 6.45) is 2.24. The van der Waals surface area contributed by atoms with Crippen molar-refractivity contribution in [3.05, 3.63) is 29.6 Å². The lowest BCUT2D eigenvalue weighted by Gasteiger charge is -2.19. The van der Waals surface area contributed by atoms with Gasteiger partial charge >= 0.3 is 0 Å². The van der Waals surface area contributed by atoms with Gasteiger partial charge < -0.3 is 15.2 Å². The zero-order valence-electron chi connectivity index (χ0n) is 9.24. The molecule has 0 radical (unpaired) electrons. The van der Waals surface area contributed by atoms with Crippen molar-refractivity contribution in [1.29, 1.82) is 0 Å². The fraction of sp³-hybridized carbons (Fsp3) is 0.500. The molecule has 88 valence electrons. The second-order valence-corrected chi connectivity index (χ2v) is 4.06. The molecule has 0 amide bonds. The highest BCUT2D eigenvalue weighted by Gasteiger charge is 2.26. The van der Waals surface area contributed by atoms with Crippen LogP contribution < -0.4 is 10.1 Å². The highest BCUT2D eigenvalue weighted by Crippen LogP contribution is 2.29. The molecule has 2 N–H and O–H groups in total. The van der Waals surface area contributed by atoms with Gasteiger partial charge in [-0.3, -0.25) is 0 Å². The molecular weight excluding hydrogens is 209 g/mol. The maximum absolute atomic E-state index is 13.2. The first-order chi connectivity index (χ1) is 7.74. The van der Waals surface area contributed by atoms with Crippen molar-refractivity contribution in [2.24, 2.45) is 0 Å². The molecule has 1 saturated carbocycles. The summed E-state index contributed by atoms with van der Waals surface area (Å²) in [6, 6.07) is 4.55. The lowest BCUT2D eigenvalue weighted by Crippen LogP contribution is -2.26. The third kappa shape index (κ3) is 2.51. The van der Waals surface area contributed by atoms with Crippen LogP contribution in [0.25, 0.3) is 0 Å². The number of hydrogen-bond acceptors (Lipinski definition) is 3. The smallest absolute Gasteiger partial charge is 0.123 e. The molecule has 2 rings (SSSR count). The Hall–Kier alpha value is -1.13. The van der Waals surface area contributed by atoms with E-state index in [0.29, 0.717) is 17.4 Å². The number of nitrogens with one attached hydrogen (secondary N) is 1. The van der Waals surface area contributed by atoms with Gasteiger partial charge in [-0.15, -0.1) is 0 Å². The summed E-state index contributed by atoms with van der Waals surface area (Å²) in [5, 5.41) is 12.6. The van der Waals surface area contributed by atoms with Crippen molar-refractivity contribution in [1.82, 2.24) is 5.32 Å². The van der Waals surface area contributed by atoms with Gasteiger partial charge in [0.05, 0.1) is 19.8 Å². The van der Waals surface area contributed by atoms with Gasteiger partial charge in [0.2, 0.25) is 0 Å². The van der Waals surface area contributed by atoms with E-state index < -0.39 is 0 Å². The van der Waals surface area contributed by atoms with Crippen LogP contribution in [0.15, 0.2) is 18.2 Å². The number of aliphatic hydroxyl groups excluding tert-OH is 1. The highest BCUT2D eigenvalue weighted by molar-refractivity contribution is 5.36. The topological polar surface area (TPSA) is 41.5 Å². The molecule has 1 fully saturated rings. The molecule has 0 heterocycles. The number of halogens is 1. The lowest BCUT2D eigenvalue weighted by atomic mass is 10.1. The predicted molar refractivity (Wildman–Crippen MR) is 58.9 cm³/mol. The summed E-state index contributed by atoms with van der Waals surface area (Å²) in [5.41, 5.74) is 0.678. The van der Waals surface area contributed by atoms with E-state index in [9.17, 15) is 9.50 Å². The Morgan fingerprint density at radius 3 is 2.88 bits per heavy atom. The second-order valence-electron chi connectivity index (χ2n) is 4.06. The molecule has 1 unspecified atom stereocenters. The average Bonchev–Trinajstić information content (AvgIpc) is 3.09. The van der Waals surface area contributed by atoms with Crippen molar-refractivity contribution < 1.29 is 14.2 Å². The normalized spacial score (nSPS) is 17.2. The van der Waals surface area contributed by atoms with Gasteiger partial charge in [0.1, 0.15) is 11.6 Å². The zero-order valence-corrected chi connectivity index (χ0v) is 9.24. The van der Waals surface area contributed by atoms with E-state index in [-0.39, 0.29) is 18.5 Å². The number of rotatable bonds is 5. The van der Waals surface area contributed by atoms with Crippen LogP contribution >= 0.6 is 0 Å². The molecule has 1 aromatic rings. The van der Waals surface area contributed by atoms with Crippen LogP contribution in [0.1, 0.15) is 24.4 Å². The third-order valence-corrected chi connectivity index (χ3v) is 2.76. The summed E-state index contributed by atoms with van der Waals surface area (Å²) in [5.74, 6) is 0.292. The molecule has 3 nitrogen and oxygen atoms in total. The minimum absolute atomic E-state index is 0.0592. The lowest BCUT2D eigenvalue weighted by molar-refractivity contribution is 0.239. The van der Waals surface area contributed by atoms with Gasteiger partial charge in [0, 0.05) is 11.6 Å². The quantitative estimate of drug-likeness (QED) is 0.800. The molecule has 1 aromatic carbocycles. The minimum Gasteiger partial charge on any atom is -0.496 e. The maximum atomic E-state index is 13.2. The summed E-state index contributed by atoms with van der Waals surface area (Å²) < 4.78 is 18.3. The van der Waals surface area contributed by atoms with Gasteiger partial charge in [0.25, 0.3) is 0 Å². The number of benzene rings is 1. The number of methoxy groups -OCH3 is 1. The Morgan fingerprint density at radius 2 is 2.31 bits per heavy atom. The van der Waals surface area contributed by atoms with E-state index in [0.717, 1.165) is 12.8 Å². The van der Waals surface area contributed by atoms with E-state index in [2.05, 4.69) is 5.32 Å². The van der Waals surface area contributed by atoms with E-state index in [1.165, 1.54) is 12.1 Å². The summed E-state index contributed by atoms with van der Waals surface area (Å²) in [7, 11) is 1.54. The Labute approximate surface area is 94.2 Å². The van der Waals surface area contributed by atoms with Crippen LogP contribution in [0.2, 0.25) is 0 Å². The molecule has 1 aliphatic carbocycles. The maximum Gasteiger partial charge on any atom is 0.123 e. The average molecular weight is 225 g/mol. The van der Waals surface area contributed by atoms with Crippen molar-refractivity contribution >= 4 is 0 Å². The van der Waals surface area contributed by atoms with E-state index in [4.69, 9.17) is 4.74 Å². The molecule has 0 aromatic heterocycles. The zero-order chi connectivity index (χ0) is 11.5. The van der Waals surface area contributed by atoms with Crippen molar-refractivity contribution in [3.8, 4) is 5.75 Å². The second kappa shape index (κ2) is 4.80. The van der Waals surface area contributed by atoms with E-state index in [1.54, 1.807) is 13.2 Å². The molecular formula is C12H16FNO2. The summed E-state index contributed by atoms with van der Waals surface area (Å²) >= 11 is 0. The number of ether oxygens (including phenoxy) is 1. The van der Waals surface area contributed by atoms with Gasteiger partial charge in [0.15, 0.2) is 0 Å². The van der Waals surface area contributed by atoms with Gasteiger partial charge in [-0.2, -0.15) is 0 Å². The van der Waals surface area contributed by atoms with Crippen molar-refractivity contribution in [2.45, 2.75) is 24.9 Å². The first kappa shape index (κ1) is 11.4. The molecule has 1 aliphatic rings. The van der Waals surface area contributed by atoms with Crippen LogP contribution in [0.3, 0.4) is 0 Å². The first-order valence-corrected chi connectivity index (χ1v) is 5.45. The van der Waals surface area contributed by atoms with Crippen molar-refractivity contribution in [3.63, 3.8) is 0 Å². The molecule has 0 aliphatic heterocycles. The summed E-state index contributed by atoms with van der Waals surface area (Å²) in [4.78, 5) is 0. The van der Waals surface area contributed by atoms with Gasteiger partial charge in [-0.05, 0) is 31.0 Å². The Bertz CT molecular complexity index is 366.